The summed E-state index contributed by atoms with van der Waals surface area (Å²) in [6.07, 6.45) is 0.918. The highest BCUT2D eigenvalue weighted by molar-refractivity contribution is 5.85. The van der Waals surface area contributed by atoms with Crippen molar-refractivity contribution in [2.45, 2.75) is 13.0 Å². The van der Waals surface area contributed by atoms with E-state index in [2.05, 4.69) is 41.0 Å². The number of phenols is 1. The first-order valence-electron chi connectivity index (χ1n) is 8.10. The van der Waals surface area contributed by atoms with Crippen molar-refractivity contribution in [2.75, 3.05) is 0 Å². The number of hydrogen-bond acceptors (Lipinski definition) is 2. The van der Waals surface area contributed by atoms with E-state index in [9.17, 15) is 5.11 Å². The fourth-order valence-electron chi connectivity index (χ4n) is 3.05. The molecular weight excluding hydrogens is 296 g/mol. The van der Waals surface area contributed by atoms with Crippen LogP contribution in [0.4, 0.5) is 0 Å². The maximum absolute atomic E-state index is 10.2. The van der Waals surface area contributed by atoms with E-state index in [-0.39, 0.29) is 5.75 Å². The van der Waals surface area contributed by atoms with Crippen LogP contribution in [0.3, 0.4) is 0 Å². The standard InChI is InChI=1S/C21H18N2O/c24-19-13-7-12-18-20(19)22-21(17-10-5-2-6-11-17)23(18)15-14-16-8-3-1-4-9-16/h1-13,24H,14-15H2. The number of rotatable bonds is 4. The third-order valence-corrected chi connectivity index (χ3v) is 4.26. The van der Waals surface area contributed by atoms with Gasteiger partial charge in [-0.15, -0.1) is 0 Å². The molecule has 0 fully saturated rings. The molecule has 24 heavy (non-hydrogen) atoms. The number of aromatic nitrogens is 2. The van der Waals surface area contributed by atoms with Crippen molar-refractivity contribution >= 4 is 11.0 Å². The molecule has 0 aliphatic carbocycles. The largest absolute Gasteiger partial charge is 0.506 e. The fourth-order valence-corrected chi connectivity index (χ4v) is 3.05. The molecule has 0 atom stereocenters. The summed E-state index contributed by atoms with van der Waals surface area (Å²) in [6.45, 7) is 0.814. The van der Waals surface area contributed by atoms with Crippen molar-refractivity contribution in [3.05, 3.63) is 84.4 Å². The summed E-state index contributed by atoms with van der Waals surface area (Å²) < 4.78 is 2.19. The Morgan fingerprint density at radius 2 is 1.50 bits per heavy atom. The summed E-state index contributed by atoms with van der Waals surface area (Å²) >= 11 is 0. The second-order valence-electron chi connectivity index (χ2n) is 5.83. The van der Waals surface area contributed by atoms with Crippen molar-refractivity contribution in [1.29, 1.82) is 0 Å². The Morgan fingerprint density at radius 1 is 0.792 bits per heavy atom. The molecule has 3 aromatic carbocycles. The maximum Gasteiger partial charge on any atom is 0.143 e. The lowest BCUT2D eigenvalue weighted by molar-refractivity contribution is 0.480. The van der Waals surface area contributed by atoms with E-state index in [1.165, 1.54) is 5.56 Å². The van der Waals surface area contributed by atoms with Crippen LogP contribution < -0.4 is 0 Å². The molecule has 1 heterocycles. The molecule has 3 heteroatoms. The van der Waals surface area contributed by atoms with Gasteiger partial charge in [-0.25, -0.2) is 4.98 Å². The molecule has 4 rings (SSSR count). The highest BCUT2D eigenvalue weighted by atomic mass is 16.3. The average Bonchev–Trinajstić information content (AvgIpc) is 3.02. The summed E-state index contributed by atoms with van der Waals surface area (Å²) in [5, 5.41) is 10.2. The van der Waals surface area contributed by atoms with Gasteiger partial charge in [-0.1, -0.05) is 66.7 Å². The molecule has 0 radical (unpaired) electrons. The van der Waals surface area contributed by atoms with Crippen LogP contribution in [0.5, 0.6) is 5.75 Å². The van der Waals surface area contributed by atoms with Gasteiger partial charge < -0.3 is 9.67 Å². The minimum absolute atomic E-state index is 0.225. The molecular formula is C21H18N2O. The molecule has 1 aromatic heterocycles. The van der Waals surface area contributed by atoms with Gasteiger partial charge in [0.1, 0.15) is 17.1 Å². The lowest BCUT2D eigenvalue weighted by Gasteiger charge is -2.09. The highest BCUT2D eigenvalue weighted by Crippen LogP contribution is 2.30. The zero-order valence-corrected chi connectivity index (χ0v) is 13.3. The molecule has 0 bridgehead atoms. The minimum atomic E-state index is 0.225. The van der Waals surface area contributed by atoms with Crippen molar-refractivity contribution in [3.8, 4) is 17.1 Å². The Hall–Kier alpha value is -3.07. The minimum Gasteiger partial charge on any atom is -0.506 e. The van der Waals surface area contributed by atoms with Crippen LogP contribution in [0.15, 0.2) is 78.9 Å². The van der Waals surface area contributed by atoms with Crippen molar-refractivity contribution < 1.29 is 5.11 Å². The van der Waals surface area contributed by atoms with E-state index in [1.807, 2.05) is 36.4 Å². The van der Waals surface area contributed by atoms with E-state index in [0.29, 0.717) is 5.52 Å². The Labute approximate surface area is 140 Å². The lowest BCUT2D eigenvalue weighted by atomic mass is 10.1. The fraction of sp³-hybridized carbons (Fsp3) is 0.0952. The van der Waals surface area contributed by atoms with Gasteiger partial charge >= 0.3 is 0 Å². The Balaban J connectivity index is 1.81. The molecule has 0 unspecified atom stereocenters. The Kier molecular flexibility index (Phi) is 3.75. The molecule has 0 saturated carbocycles. The van der Waals surface area contributed by atoms with E-state index < -0.39 is 0 Å². The van der Waals surface area contributed by atoms with E-state index in [4.69, 9.17) is 4.98 Å². The van der Waals surface area contributed by atoms with Crippen molar-refractivity contribution in [3.63, 3.8) is 0 Å². The third kappa shape index (κ3) is 2.65. The number of para-hydroxylation sites is 1. The average molecular weight is 314 g/mol. The second kappa shape index (κ2) is 6.20. The molecule has 0 spiro atoms. The molecule has 0 saturated heterocycles. The van der Waals surface area contributed by atoms with Crippen LogP contribution in [-0.2, 0) is 13.0 Å². The number of aryl methyl sites for hydroxylation is 2. The second-order valence-corrected chi connectivity index (χ2v) is 5.83. The number of imidazole rings is 1. The van der Waals surface area contributed by atoms with Crippen molar-refractivity contribution in [2.24, 2.45) is 0 Å². The summed E-state index contributed by atoms with van der Waals surface area (Å²) in [7, 11) is 0. The predicted octanol–water partition coefficient (Wildman–Crippen LogP) is 4.65. The maximum atomic E-state index is 10.2. The summed E-state index contributed by atoms with van der Waals surface area (Å²) in [4.78, 5) is 4.71. The lowest BCUT2D eigenvalue weighted by Crippen LogP contribution is -2.03. The van der Waals surface area contributed by atoms with Crippen molar-refractivity contribution in [1.82, 2.24) is 9.55 Å². The van der Waals surface area contributed by atoms with E-state index in [0.717, 1.165) is 29.9 Å². The SMILES string of the molecule is Oc1cccc2c1nc(-c1ccccc1)n2CCc1ccccc1. The summed E-state index contributed by atoms with van der Waals surface area (Å²) in [5.41, 5.74) is 3.97. The highest BCUT2D eigenvalue weighted by Gasteiger charge is 2.14. The molecule has 118 valence electrons. The van der Waals surface area contributed by atoms with Gasteiger partial charge in [0.25, 0.3) is 0 Å². The molecule has 3 nitrogen and oxygen atoms in total. The smallest absolute Gasteiger partial charge is 0.143 e. The summed E-state index contributed by atoms with van der Waals surface area (Å²) in [6, 6.07) is 26.1. The van der Waals surface area contributed by atoms with Gasteiger partial charge in [0.05, 0.1) is 5.52 Å². The van der Waals surface area contributed by atoms with Crippen LogP contribution in [0.2, 0.25) is 0 Å². The van der Waals surface area contributed by atoms with E-state index in [1.54, 1.807) is 6.07 Å². The predicted molar refractivity (Wildman–Crippen MR) is 97.0 cm³/mol. The van der Waals surface area contributed by atoms with Gasteiger partial charge in [0, 0.05) is 12.1 Å². The number of fused-ring (bicyclic) bond motifs is 1. The van der Waals surface area contributed by atoms with Crippen LogP contribution in [0.1, 0.15) is 5.56 Å². The molecule has 4 aromatic rings. The van der Waals surface area contributed by atoms with Gasteiger partial charge in [-0.3, -0.25) is 0 Å². The number of hydrogen-bond donors (Lipinski definition) is 1. The molecule has 0 aliphatic rings. The van der Waals surface area contributed by atoms with Crippen LogP contribution in [0, 0.1) is 0 Å². The molecule has 0 amide bonds. The molecule has 0 aliphatic heterocycles. The van der Waals surface area contributed by atoms with Crippen LogP contribution >= 0.6 is 0 Å². The number of nitrogens with zero attached hydrogens (tertiary/aromatic N) is 2. The number of aromatic hydroxyl groups is 1. The first kappa shape index (κ1) is 14.5. The third-order valence-electron chi connectivity index (χ3n) is 4.26. The van der Waals surface area contributed by atoms with Gasteiger partial charge in [-0.2, -0.15) is 0 Å². The first-order valence-corrected chi connectivity index (χ1v) is 8.10. The monoisotopic (exact) mass is 314 g/mol. The van der Waals surface area contributed by atoms with Crippen LogP contribution in [0.25, 0.3) is 22.4 Å². The number of benzene rings is 3. The molecule has 1 N–H and O–H groups in total. The topological polar surface area (TPSA) is 38.1 Å². The number of phenolic OH excluding ortho intramolecular Hbond substituents is 1. The zero-order chi connectivity index (χ0) is 16.4. The normalized spacial score (nSPS) is 11.0. The Bertz CT molecular complexity index is 959. The van der Waals surface area contributed by atoms with Gasteiger partial charge in [-0.05, 0) is 24.1 Å². The first-order chi connectivity index (χ1) is 11.8. The van der Waals surface area contributed by atoms with Crippen LogP contribution in [-0.4, -0.2) is 14.7 Å². The quantitative estimate of drug-likeness (QED) is 0.595. The van der Waals surface area contributed by atoms with Gasteiger partial charge in [0.15, 0.2) is 0 Å². The summed E-state index contributed by atoms with van der Waals surface area (Å²) in [5.74, 6) is 1.12. The Morgan fingerprint density at radius 3 is 2.25 bits per heavy atom. The zero-order valence-electron chi connectivity index (χ0n) is 13.3. The van der Waals surface area contributed by atoms with Gasteiger partial charge in [0.2, 0.25) is 0 Å². The van der Waals surface area contributed by atoms with E-state index >= 15 is 0 Å².